The number of carboxylic acid groups (broad SMARTS) is 1. The molecule has 0 aliphatic carbocycles. The number of phenols is 1. The van der Waals surface area contributed by atoms with E-state index in [4.69, 9.17) is 0 Å². The molecule has 0 saturated heterocycles. The summed E-state index contributed by atoms with van der Waals surface area (Å²) in [6, 6.07) is 4.91. The molecule has 0 radical (unpaired) electrons. The molecule has 2 amide bonds. The van der Waals surface area contributed by atoms with Gasteiger partial charge in [0.25, 0.3) is 5.91 Å². The van der Waals surface area contributed by atoms with Crippen LogP contribution in [-0.2, 0) is 9.59 Å². The summed E-state index contributed by atoms with van der Waals surface area (Å²) in [5.74, 6) is -2.02. The number of unbranched alkanes of at least 4 members (excludes halogenated alkanes) is 1. The second kappa shape index (κ2) is 24.6. The first-order valence-corrected chi connectivity index (χ1v) is 14.9. The van der Waals surface area contributed by atoms with Gasteiger partial charge in [-0.3, -0.25) is 9.59 Å². The number of carbonyl (C=O) groups is 3. The Labute approximate surface area is 251 Å². The van der Waals surface area contributed by atoms with Gasteiger partial charge in [-0.05, 0) is 76.3 Å². The Bertz CT molecular complexity index is 1100. The predicted molar refractivity (Wildman–Crippen MR) is 171 cm³/mol. The highest BCUT2D eigenvalue weighted by atomic mass is 16.4. The van der Waals surface area contributed by atoms with E-state index in [1.54, 1.807) is 12.1 Å². The Morgan fingerprint density at radius 2 is 1.29 bits per heavy atom. The Morgan fingerprint density at radius 3 is 1.81 bits per heavy atom. The van der Waals surface area contributed by atoms with Gasteiger partial charge in [0.15, 0.2) is 0 Å². The molecule has 0 saturated carbocycles. The summed E-state index contributed by atoms with van der Waals surface area (Å²) in [7, 11) is 0. The summed E-state index contributed by atoms with van der Waals surface area (Å²) in [4.78, 5) is 35.8. The third kappa shape index (κ3) is 19.0. The van der Waals surface area contributed by atoms with E-state index in [2.05, 4.69) is 84.4 Å². The van der Waals surface area contributed by atoms with Gasteiger partial charge in [0.05, 0.1) is 5.56 Å². The largest absolute Gasteiger partial charge is 0.507 e. The first-order valence-electron chi connectivity index (χ1n) is 14.9. The number of hydrogen-bond donors (Lipinski definition) is 4. The minimum atomic E-state index is -1.14. The van der Waals surface area contributed by atoms with E-state index in [9.17, 15) is 24.6 Å². The number of benzene rings is 1. The summed E-state index contributed by atoms with van der Waals surface area (Å²) in [6.45, 7) is 2.59. The first-order chi connectivity index (χ1) is 20.5. The Morgan fingerprint density at radius 1 is 0.762 bits per heavy atom. The molecule has 4 N–H and O–H groups in total. The van der Waals surface area contributed by atoms with Crippen LogP contribution in [0, 0.1) is 0 Å². The molecule has 0 heterocycles. The SMILES string of the molecule is CC/C=C\C/C=C\C/C=C\C/C=C\C/C=C\C/C=C\CCC(=O)NCCCCC(NC(=O)c1ccccc1O)C(=O)O. The maximum atomic E-state index is 12.3. The lowest BCUT2D eigenvalue weighted by molar-refractivity contribution is -0.139. The van der Waals surface area contributed by atoms with Crippen molar-refractivity contribution in [2.75, 3.05) is 6.54 Å². The van der Waals surface area contributed by atoms with Gasteiger partial charge in [-0.25, -0.2) is 4.79 Å². The van der Waals surface area contributed by atoms with Crippen LogP contribution in [0.15, 0.2) is 97.2 Å². The van der Waals surface area contributed by atoms with Gasteiger partial charge in [0.2, 0.25) is 5.91 Å². The standard InChI is InChI=1S/C35H48N2O5/c1-2-3-4-5-6-7-8-9-10-11-12-13-14-15-16-17-18-19-20-28-33(39)36-29-24-23-26-31(35(41)42)37-34(40)30-25-21-22-27-32(30)38/h3-4,6-7,9-10,12-13,15-16,18-19,21-22,25,27,31,38H,2,5,8,11,14,17,20,23-24,26,28-29H2,1H3,(H,36,39)(H,37,40)(H,41,42)/b4-3-,7-6-,10-9-,13-12-,16-15-,19-18-. The molecule has 0 aromatic heterocycles. The Balaban J connectivity index is 2.07. The molecule has 1 atom stereocenters. The number of nitrogens with one attached hydrogen (secondary N) is 2. The van der Waals surface area contributed by atoms with Crippen LogP contribution >= 0.6 is 0 Å². The smallest absolute Gasteiger partial charge is 0.326 e. The highest BCUT2D eigenvalue weighted by Crippen LogP contribution is 2.16. The maximum absolute atomic E-state index is 12.3. The third-order valence-corrected chi connectivity index (χ3v) is 6.13. The topological polar surface area (TPSA) is 116 Å². The van der Waals surface area contributed by atoms with E-state index in [1.165, 1.54) is 12.1 Å². The molecule has 1 unspecified atom stereocenters. The van der Waals surface area contributed by atoms with Crippen LogP contribution in [0.3, 0.4) is 0 Å². The molecule has 1 aromatic carbocycles. The molecule has 7 heteroatoms. The second-order valence-electron chi connectivity index (χ2n) is 9.68. The van der Waals surface area contributed by atoms with E-state index in [1.807, 2.05) is 6.08 Å². The molecule has 7 nitrogen and oxygen atoms in total. The number of amides is 2. The predicted octanol–water partition coefficient (Wildman–Crippen LogP) is 7.34. The average Bonchev–Trinajstić information content (AvgIpc) is 2.97. The Hall–Kier alpha value is -4.13. The fourth-order valence-corrected chi connectivity index (χ4v) is 3.80. The van der Waals surface area contributed by atoms with Crippen LogP contribution in [-0.4, -0.2) is 40.6 Å². The number of phenolic OH excluding ortho intramolecular Hbond substituents is 1. The minimum absolute atomic E-state index is 0.0305. The number of hydrogen-bond acceptors (Lipinski definition) is 4. The molecule has 228 valence electrons. The number of aliphatic carboxylic acids is 1. The van der Waals surface area contributed by atoms with E-state index in [-0.39, 0.29) is 23.6 Å². The van der Waals surface area contributed by atoms with Gasteiger partial charge in [0.1, 0.15) is 11.8 Å². The number of aromatic hydroxyl groups is 1. The lowest BCUT2D eigenvalue weighted by atomic mass is 10.1. The van der Waals surface area contributed by atoms with Crippen molar-refractivity contribution in [3.8, 4) is 5.75 Å². The van der Waals surface area contributed by atoms with Gasteiger partial charge >= 0.3 is 5.97 Å². The van der Waals surface area contributed by atoms with Crippen molar-refractivity contribution in [2.45, 2.75) is 83.6 Å². The second-order valence-corrected chi connectivity index (χ2v) is 9.68. The molecule has 0 fully saturated rings. The zero-order valence-corrected chi connectivity index (χ0v) is 24.9. The number of para-hydroxylation sites is 1. The highest BCUT2D eigenvalue weighted by molar-refractivity contribution is 5.98. The number of allylic oxidation sites excluding steroid dienone is 12. The zero-order chi connectivity index (χ0) is 30.7. The van der Waals surface area contributed by atoms with E-state index >= 15 is 0 Å². The summed E-state index contributed by atoms with van der Waals surface area (Å²) < 4.78 is 0. The molecular weight excluding hydrogens is 528 g/mol. The fraction of sp³-hybridized carbons (Fsp3) is 0.400. The van der Waals surface area contributed by atoms with E-state index < -0.39 is 17.9 Å². The summed E-state index contributed by atoms with van der Waals surface area (Å²) >= 11 is 0. The average molecular weight is 577 g/mol. The van der Waals surface area contributed by atoms with Crippen LogP contribution in [0.25, 0.3) is 0 Å². The molecule has 42 heavy (non-hydrogen) atoms. The molecular formula is C35H48N2O5. The van der Waals surface area contributed by atoms with Crippen LogP contribution in [0.1, 0.15) is 87.9 Å². The van der Waals surface area contributed by atoms with Gasteiger partial charge < -0.3 is 20.8 Å². The minimum Gasteiger partial charge on any atom is -0.507 e. The van der Waals surface area contributed by atoms with Crippen molar-refractivity contribution in [2.24, 2.45) is 0 Å². The third-order valence-electron chi connectivity index (χ3n) is 6.13. The molecule has 0 aliphatic heterocycles. The summed E-state index contributed by atoms with van der Waals surface area (Å²) in [5, 5.41) is 24.5. The maximum Gasteiger partial charge on any atom is 0.326 e. The lowest BCUT2D eigenvalue weighted by Crippen LogP contribution is -2.40. The highest BCUT2D eigenvalue weighted by Gasteiger charge is 2.21. The van der Waals surface area contributed by atoms with Crippen molar-refractivity contribution in [3.63, 3.8) is 0 Å². The van der Waals surface area contributed by atoms with Crippen LogP contribution < -0.4 is 10.6 Å². The van der Waals surface area contributed by atoms with Crippen molar-refractivity contribution < 1.29 is 24.6 Å². The zero-order valence-electron chi connectivity index (χ0n) is 24.9. The number of carboxylic acids is 1. The molecule has 0 bridgehead atoms. The van der Waals surface area contributed by atoms with Gasteiger partial charge in [-0.1, -0.05) is 92.0 Å². The van der Waals surface area contributed by atoms with Crippen molar-refractivity contribution in [3.05, 3.63) is 103 Å². The van der Waals surface area contributed by atoms with Crippen molar-refractivity contribution in [1.82, 2.24) is 10.6 Å². The quantitative estimate of drug-likeness (QED) is 0.0851. The van der Waals surface area contributed by atoms with Gasteiger partial charge in [-0.2, -0.15) is 0 Å². The van der Waals surface area contributed by atoms with Gasteiger partial charge in [-0.15, -0.1) is 0 Å². The van der Waals surface area contributed by atoms with Gasteiger partial charge in [0, 0.05) is 13.0 Å². The molecule has 1 aromatic rings. The lowest BCUT2D eigenvalue weighted by Gasteiger charge is -2.15. The number of carbonyl (C=O) groups excluding carboxylic acids is 2. The van der Waals surface area contributed by atoms with Crippen LogP contribution in [0.5, 0.6) is 5.75 Å². The van der Waals surface area contributed by atoms with E-state index in [0.717, 1.165) is 38.5 Å². The first kappa shape index (κ1) is 35.9. The molecule has 0 aliphatic rings. The normalized spacial score (nSPS) is 12.9. The molecule has 1 rings (SSSR count). The van der Waals surface area contributed by atoms with Crippen LogP contribution in [0.2, 0.25) is 0 Å². The van der Waals surface area contributed by atoms with Crippen molar-refractivity contribution >= 4 is 17.8 Å². The van der Waals surface area contributed by atoms with Crippen LogP contribution in [0.4, 0.5) is 0 Å². The summed E-state index contributed by atoms with van der Waals surface area (Å²) in [6.07, 6.45) is 33.9. The van der Waals surface area contributed by atoms with E-state index in [0.29, 0.717) is 32.2 Å². The van der Waals surface area contributed by atoms with Crippen molar-refractivity contribution in [1.29, 1.82) is 0 Å². The molecule has 0 spiro atoms. The fourth-order valence-electron chi connectivity index (χ4n) is 3.80. The number of rotatable bonds is 22. The monoisotopic (exact) mass is 576 g/mol. The summed E-state index contributed by atoms with van der Waals surface area (Å²) in [5.41, 5.74) is 0.0305. The Kier molecular flexibility index (Phi) is 21.1.